The van der Waals surface area contributed by atoms with Gasteiger partial charge in [0.25, 0.3) is 0 Å². The Morgan fingerprint density at radius 3 is 2.65 bits per heavy atom. The molecule has 2 heterocycles. The van der Waals surface area contributed by atoms with Gasteiger partial charge in [0.2, 0.25) is 0 Å². The number of nitrogens with zero attached hydrogens (tertiary/aromatic N) is 2. The summed E-state index contributed by atoms with van der Waals surface area (Å²) in [4.78, 5) is 17.4. The molecular weight excluding hydrogens is 448 g/mol. The molecule has 5 aromatic rings. The summed E-state index contributed by atoms with van der Waals surface area (Å²) in [5.74, 6) is 0.773. The highest BCUT2D eigenvalue weighted by Crippen LogP contribution is 2.33. The molecule has 0 bridgehead atoms. The third-order valence-electron chi connectivity index (χ3n) is 5.78. The molecule has 7 heteroatoms. The molecule has 34 heavy (non-hydrogen) atoms. The van der Waals surface area contributed by atoms with E-state index in [1.54, 1.807) is 19.6 Å². The summed E-state index contributed by atoms with van der Waals surface area (Å²) in [6, 6.07) is 21.5. The minimum Gasteiger partial charge on any atom is -0.493 e. The molecule has 6 nitrogen and oxygen atoms in total. The van der Waals surface area contributed by atoms with E-state index < -0.39 is 11.5 Å². The highest BCUT2D eigenvalue weighted by Gasteiger charge is 2.19. The molecule has 0 aliphatic carbocycles. The standard InChI is InChI=1S/C27H20N2O4S/c1-31-24-9-7-16(12-25(24)32-2)11-18(14-28)26-29-22(15-34-26)21-13-20-19-6-4-3-5-17(19)8-10-23(20)33-27(21)30/h3-10,12-13,15,18H,11H2,1-2H3. The number of hydrogen-bond acceptors (Lipinski definition) is 7. The molecule has 0 fully saturated rings. The van der Waals surface area contributed by atoms with E-state index in [0.717, 1.165) is 21.7 Å². The van der Waals surface area contributed by atoms with E-state index in [1.807, 2.05) is 60.7 Å². The van der Waals surface area contributed by atoms with Crippen LogP contribution >= 0.6 is 11.3 Å². The van der Waals surface area contributed by atoms with Crippen LogP contribution in [-0.2, 0) is 6.42 Å². The monoisotopic (exact) mass is 468 g/mol. The number of aromatic nitrogens is 1. The van der Waals surface area contributed by atoms with Gasteiger partial charge in [0.05, 0.1) is 31.5 Å². The lowest BCUT2D eigenvalue weighted by Crippen LogP contribution is -2.04. The number of nitriles is 1. The predicted octanol–water partition coefficient (Wildman–Crippen LogP) is 5.94. The summed E-state index contributed by atoms with van der Waals surface area (Å²) < 4.78 is 16.3. The van der Waals surface area contributed by atoms with Crippen LogP contribution in [0.2, 0.25) is 0 Å². The van der Waals surface area contributed by atoms with Crippen molar-refractivity contribution in [2.75, 3.05) is 14.2 Å². The Bertz CT molecular complexity index is 1610. The maximum absolute atomic E-state index is 12.7. The van der Waals surface area contributed by atoms with Crippen molar-refractivity contribution in [2.24, 2.45) is 0 Å². The van der Waals surface area contributed by atoms with Crippen LogP contribution in [0, 0.1) is 11.3 Å². The zero-order chi connectivity index (χ0) is 23.7. The fourth-order valence-electron chi connectivity index (χ4n) is 4.05. The van der Waals surface area contributed by atoms with Crippen molar-refractivity contribution in [3.05, 3.63) is 87.0 Å². The highest BCUT2D eigenvalue weighted by molar-refractivity contribution is 7.10. The summed E-state index contributed by atoms with van der Waals surface area (Å²) in [6.07, 6.45) is 0.459. The minimum atomic E-state index is -0.467. The number of ether oxygens (including phenoxy) is 2. The van der Waals surface area contributed by atoms with E-state index >= 15 is 0 Å². The molecule has 0 radical (unpaired) electrons. The van der Waals surface area contributed by atoms with Gasteiger partial charge < -0.3 is 13.9 Å². The van der Waals surface area contributed by atoms with Crippen LogP contribution in [0.4, 0.5) is 0 Å². The second kappa shape index (κ2) is 9.00. The third kappa shape index (κ3) is 3.89. The van der Waals surface area contributed by atoms with Gasteiger partial charge in [-0.25, -0.2) is 9.78 Å². The maximum Gasteiger partial charge on any atom is 0.345 e. The first-order valence-electron chi connectivity index (χ1n) is 10.6. The van der Waals surface area contributed by atoms with Crippen molar-refractivity contribution in [3.8, 4) is 28.8 Å². The van der Waals surface area contributed by atoms with Gasteiger partial charge in [-0.2, -0.15) is 5.26 Å². The van der Waals surface area contributed by atoms with E-state index in [4.69, 9.17) is 13.9 Å². The van der Waals surface area contributed by atoms with Gasteiger partial charge >= 0.3 is 5.63 Å². The zero-order valence-corrected chi connectivity index (χ0v) is 19.4. The number of thiazole rings is 1. The van der Waals surface area contributed by atoms with E-state index in [-0.39, 0.29) is 0 Å². The van der Waals surface area contributed by atoms with Crippen LogP contribution in [0.3, 0.4) is 0 Å². The molecule has 5 rings (SSSR count). The quantitative estimate of drug-likeness (QED) is 0.227. The van der Waals surface area contributed by atoms with Crippen molar-refractivity contribution < 1.29 is 13.9 Å². The fraction of sp³-hybridized carbons (Fsp3) is 0.148. The first-order chi connectivity index (χ1) is 16.6. The average Bonchev–Trinajstić information content (AvgIpc) is 3.36. The van der Waals surface area contributed by atoms with E-state index in [9.17, 15) is 10.1 Å². The molecule has 0 aliphatic heterocycles. The first kappa shape index (κ1) is 21.7. The fourth-order valence-corrected chi connectivity index (χ4v) is 4.92. The van der Waals surface area contributed by atoms with Crippen LogP contribution in [-0.4, -0.2) is 19.2 Å². The largest absolute Gasteiger partial charge is 0.493 e. The van der Waals surface area contributed by atoms with Gasteiger partial charge in [0, 0.05) is 10.8 Å². The molecule has 168 valence electrons. The zero-order valence-electron chi connectivity index (χ0n) is 18.6. The average molecular weight is 469 g/mol. The number of hydrogen-bond donors (Lipinski definition) is 0. The Hall–Kier alpha value is -4.15. The van der Waals surface area contributed by atoms with Crippen molar-refractivity contribution >= 4 is 33.1 Å². The number of methoxy groups -OCH3 is 2. The molecule has 0 aliphatic rings. The van der Waals surface area contributed by atoms with Crippen molar-refractivity contribution in [1.82, 2.24) is 4.98 Å². The lowest BCUT2D eigenvalue weighted by atomic mass is 10.0. The van der Waals surface area contributed by atoms with Crippen molar-refractivity contribution in [1.29, 1.82) is 5.26 Å². The Labute approximate surface area is 199 Å². The second-order valence-corrected chi connectivity index (χ2v) is 8.68. The maximum atomic E-state index is 12.7. The topological polar surface area (TPSA) is 85.4 Å². The molecule has 0 saturated heterocycles. The number of rotatable bonds is 6. The van der Waals surface area contributed by atoms with Crippen LogP contribution in [0.15, 0.2) is 75.3 Å². The second-order valence-electron chi connectivity index (χ2n) is 7.79. The van der Waals surface area contributed by atoms with E-state index in [0.29, 0.717) is 39.8 Å². The highest BCUT2D eigenvalue weighted by atomic mass is 32.1. The summed E-state index contributed by atoms with van der Waals surface area (Å²) in [5, 5.41) is 15.2. The Morgan fingerprint density at radius 1 is 1.03 bits per heavy atom. The molecule has 2 aromatic heterocycles. The van der Waals surface area contributed by atoms with Gasteiger partial charge in [-0.05, 0) is 47.0 Å². The summed E-state index contributed by atoms with van der Waals surface area (Å²) in [6.45, 7) is 0. The molecule has 3 aromatic carbocycles. The minimum absolute atomic E-state index is 0.383. The van der Waals surface area contributed by atoms with Gasteiger partial charge in [-0.15, -0.1) is 11.3 Å². The molecule has 0 saturated carbocycles. The summed E-state index contributed by atoms with van der Waals surface area (Å²) in [5.41, 5.74) is 1.90. The smallest absolute Gasteiger partial charge is 0.345 e. The van der Waals surface area contributed by atoms with Crippen LogP contribution in [0.5, 0.6) is 11.5 Å². The molecule has 0 amide bonds. The Morgan fingerprint density at radius 2 is 1.85 bits per heavy atom. The summed E-state index contributed by atoms with van der Waals surface area (Å²) >= 11 is 1.36. The SMILES string of the molecule is COc1ccc(CC(C#N)c2nc(-c3cc4c(ccc5ccccc54)oc3=O)cs2)cc1OC. The molecule has 0 N–H and O–H groups in total. The van der Waals surface area contributed by atoms with Crippen molar-refractivity contribution in [2.45, 2.75) is 12.3 Å². The van der Waals surface area contributed by atoms with Gasteiger partial charge in [-0.3, -0.25) is 0 Å². The van der Waals surface area contributed by atoms with Crippen LogP contribution in [0.25, 0.3) is 33.0 Å². The number of fused-ring (bicyclic) bond motifs is 3. The van der Waals surface area contributed by atoms with Crippen LogP contribution < -0.4 is 15.1 Å². The number of benzene rings is 3. The lowest BCUT2D eigenvalue weighted by Gasteiger charge is -2.11. The van der Waals surface area contributed by atoms with E-state index in [2.05, 4.69) is 11.1 Å². The van der Waals surface area contributed by atoms with Gasteiger partial charge in [-0.1, -0.05) is 36.4 Å². The Kier molecular flexibility index (Phi) is 5.74. The van der Waals surface area contributed by atoms with Gasteiger partial charge in [0.1, 0.15) is 16.5 Å². The predicted molar refractivity (Wildman–Crippen MR) is 133 cm³/mol. The lowest BCUT2D eigenvalue weighted by molar-refractivity contribution is 0.354. The van der Waals surface area contributed by atoms with Crippen LogP contribution in [0.1, 0.15) is 16.5 Å². The molecular formula is C27H20N2O4S. The van der Waals surface area contributed by atoms with Gasteiger partial charge in [0.15, 0.2) is 11.5 Å². The normalized spacial score (nSPS) is 11.9. The third-order valence-corrected chi connectivity index (χ3v) is 6.74. The Balaban J connectivity index is 1.50. The summed E-state index contributed by atoms with van der Waals surface area (Å²) in [7, 11) is 3.16. The van der Waals surface area contributed by atoms with Crippen molar-refractivity contribution in [3.63, 3.8) is 0 Å². The molecule has 1 atom stereocenters. The molecule has 0 spiro atoms. The van der Waals surface area contributed by atoms with E-state index in [1.165, 1.54) is 11.3 Å². The molecule has 1 unspecified atom stereocenters. The first-order valence-corrected chi connectivity index (χ1v) is 11.5.